The summed E-state index contributed by atoms with van der Waals surface area (Å²) in [5.74, 6) is -0.758. The molecule has 8 nitrogen and oxygen atoms in total. The molecule has 1 N–H and O–H groups in total. The summed E-state index contributed by atoms with van der Waals surface area (Å²) >= 11 is 6.05. The number of carbonyl (C=O) groups is 1. The van der Waals surface area contributed by atoms with Crippen LogP contribution in [0.15, 0.2) is 64.3 Å². The number of carbonyl (C=O) groups excluding carboxylic acids is 1. The number of aromatic nitrogens is 4. The fourth-order valence-corrected chi connectivity index (χ4v) is 2.96. The van der Waals surface area contributed by atoms with E-state index in [1.54, 1.807) is 36.4 Å². The van der Waals surface area contributed by atoms with E-state index in [2.05, 4.69) is 15.4 Å². The first-order valence-corrected chi connectivity index (χ1v) is 8.52. The lowest BCUT2D eigenvalue weighted by molar-refractivity contribution is -0.116. The predicted molar refractivity (Wildman–Crippen MR) is 100 cm³/mol. The third kappa shape index (κ3) is 3.47. The van der Waals surface area contributed by atoms with Crippen LogP contribution < -0.4 is 11.1 Å². The summed E-state index contributed by atoms with van der Waals surface area (Å²) in [6.07, 6.45) is 3.01. The van der Waals surface area contributed by atoms with Gasteiger partial charge in [-0.25, -0.2) is 14.5 Å². The number of halogens is 1. The Morgan fingerprint density at radius 1 is 1.22 bits per heavy atom. The molecule has 2 aromatic heterocycles. The number of para-hydroxylation sites is 2. The fourth-order valence-electron chi connectivity index (χ4n) is 2.79. The molecule has 0 aliphatic carbocycles. The molecule has 0 unspecified atom stereocenters. The van der Waals surface area contributed by atoms with Crippen LogP contribution in [0.4, 0.5) is 5.69 Å². The lowest BCUT2D eigenvalue weighted by Crippen LogP contribution is -2.20. The van der Waals surface area contributed by atoms with E-state index in [4.69, 9.17) is 16.0 Å². The molecule has 0 aliphatic rings. The van der Waals surface area contributed by atoms with E-state index in [1.807, 2.05) is 6.07 Å². The van der Waals surface area contributed by atoms with Gasteiger partial charge in [0.2, 0.25) is 5.91 Å². The largest absolute Gasteiger partial charge is 0.419 e. The molecule has 4 rings (SSSR count). The van der Waals surface area contributed by atoms with E-state index >= 15 is 0 Å². The van der Waals surface area contributed by atoms with Gasteiger partial charge in [-0.1, -0.05) is 23.7 Å². The van der Waals surface area contributed by atoms with Gasteiger partial charge >= 0.3 is 5.76 Å². The summed E-state index contributed by atoms with van der Waals surface area (Å²) in [6.45, 7) is 0.195. The second-order valence-electron chi connectivity index (χ2n) is 5.79. The van der Waals surface area contributed by atoms with Crippen molar-refractivity contribution in [2.75, 3.05) is 5.32 Å². The van der Waals surface area contributed by atoms with E-state index in [0.29, 0.717) is 27.5 Å². The Bertz CT molecular complexity index is 1160. The zero-order valence-electron chi connectivity index (χ0n) is 14.0. The SMILES string of the molecule is O=C(CCn1c(=O)oc2ccccc21)Nc1cc(Cl)ccc1-n1cncn1. The maximum absolute atomic E-state index is 12.4. The van der Waals surface area contributed by atoms with E-state index in [9.17, 15) is 9.59 Å². The van der Waals surface area contributed by atoms with Crippen molar-refractivity contribution in [3.05, 3.63) is 70.7 Å². The first-order valence-electron chi connectivity index (χ1n) is 8.14. The highest BCUT2D eigenvalue weighted by atomic mass is 35.5. The van der Waals surface area contributed by atoms with Crippen molar-refractivity contribution in [1.29, 1.82) is 0 Å². The fraction of sp³-hybridized carbons (Fsp3) is 0.111. The van der Waals surface area contributed by atoms with Crippen LogP contribution in [-0.4, -0.2) is 25.2 Å². The second kappa shape index (κ2) is 7.08. The molecule has 0 atom stereocenters. The molecule has 0 saturated carbocycles. The molecule has 0 spiro atoms. The Hall–Kier alpha value is -3.39. The topological polar surface area (TPSA) is 94.9 Å². The van der Waals surface area contributed by atoms with Gasteiger partial charge in [0, 0.05) is 18.0 Å². The highest BCUT2D eigenvalue weighted by Gasteiger charge is 2.13. The number of benzene rings is 2. The van der Waals surface area contributed by atoms with Gasteiger partial charge in [0.15, 0.2) is 5.58 Å². The van der Waals surface area contributed by atoms with Crippen molar-refractivity contribution >= 4 is 34.3 Å². The maximum atomic E-state index is 12.4. The molecule has 0 aliphatic heterocycles. The number of hydrogen-bond donors (Lipinski definition) is 1. The minimum Gasteiger partial charge on any atom is -0.408 e. The van der Waals surface area contributed by atoms with Crippen molar-refractivity contribution in [3.63, 3.8) is 0 Å². The average Bonchev–Trinajstić information content (AvgIpc) is 3.27. The highest BCUT2D eigenvalue weighted by Crippen LogP contribution is 2.24. The van der Waals surface area contributed by atoms with Crippen molar-refractivity contribution in [2.45, 2.75) is 13.0 Å². The Morgan fingerprint density at radius 2 is 2.07 bits per heavy atom. The summed E-state index contributed by atoms with van der Waals surface area (Å²) in [5, 5.41) is 7.36. The van der Waals surface area contributed by atoms with Crippen LogP contribution in [0.5, 0.6) is 0 Å². The maximum Gasteiger partial charge on any atom is 0.419 e. The van der Waals surface area contributed by atoms with Crippen molar-refractivity contribution in [1.82, 2.24) is 19.3 Å². The number of amides is 1. The molecule has 0 fully saturated rings. The Morgan fingerprint density at radius 3 is 2.89 bits per heavy atom. The lowest BCUT2D eigenvalue weighted by atomic mass is 10.2. The van der Waals surface area contributed by atoms with Crippen molar-refractivity contribution < 1.29 is 9.21 Å². The monoisotopic (exact) mass is 383 g/mol. The average molecular weight is 384 g/mol. The summed E-state index contributed by atoms with van der Waals surface area (Å²) < 4.78 is 8.14. The van der Waals surface area contributed by atoms with Gasteiger partial charge in [-0.15, -0.1) is 0 Å². The molecule has 2 heterocycles. The number of anilines is 1. The van der Waals surface area contributed by atoms with E-state index < -0.39 is 5.76 Å². The molecular formula is C18H14ClN5O3. The standard InChI is InChI=1S/C18H14ClN5O3/c19-12-5-6-14(24-11-20-10-21-24)13(9-12)22-17(25)7-8-23-15-3-1-2-4-16(15)27-18(23)26/h1-6,9-11H,7-8H2,(H,22,25). The van der Waals surface area contributed by atoms with Crippen LogP contribution in [0.2, 0.25) is 5.02 Å². The lowest BCUT2D eigenvalue weighted by Gasteiger charge is -2.11. The van der Waals surface area contributed by atoms with Crippen LogP contribution in [0.1, 0.15) is 6.42 Å². The van der Waals surface area contributed by atoms with Crippen molar-refractivity contribution in [2.24, 2.45) is 0 Å². The first-order chi connectivity index (χ1) is 13.1. The third-order valence-electron chi connectivity index (χ3n) is 4.03. The quantitative estimate of drug-likeness (QED) is 0.571. The summed E-state index contributed by atoms with van der Waals surface area (Å²) in [6, 6.07) is 12.2. The highest BCUT2D eigenvalue weighted by molar-refractivity contribution is 6.31. The minimum absolute atomic E-state index is 0.0900. The number of fused-ring (bicyclic) bond motifs is 1. The van der Waals surface area contributed by atoms with Gasteiger partial charge in [-0.3, -0.25) is 9.36 Å². The van der Waals surface area contributed by atoms with Crippen LogP contribution in [0, 0.1) is 0 Å². The Balaban J connectivity index is 1.53. The molecule has 136 valence electrons. The Labute approximate surface area is 158 Å². The molecule has 9 heteroatoms. The number of aryl methyl sites for hydroxylation is 1. The number of nitrogens with one attached hydrogen (secondary N) is 1. The van der Waals surface area contributed by atoms with Gasteiger partial charge in [0.1, 0.15) is 12.7 Å². The first kappa shape index (κ1) is 17.0. The van der Waals surface area contributed by atoms with Gasteiger partial charge in [-0.2, -0.15) is 5.10 Å². The molecule has 0 saturated heterocycles. The van der Waals surface area contributed by atoms with Gasteiger partial charge in [0.05, 0.1) is 16.9 Å². The molecule has 27 heavy (non-hydrogen) atoms. The third-order valence-corrected chi connectivity index (χ3v) is 4.27. The number of oxazole rings is 1. The smallest absolute Gasteiger partial charge is 0.408 e. The summed E-state index contributed by atoms with van der Waals surface area (Å²) in [5.41, 5.74) is 2.28. The predicted octanol–water partition coefficient (Wildman–Crippen LogP) is 2.86. The van der Waals surface area contributed by atoms with E-state index in [0.717, 1.165) is 0 Å². The normalized spacial score (nSPS) is 11.0. The van der Waals surface area contributed by atoms with Crippen LogP contribution in [0.25, 0.3) is 16.8 Å². The number of hydrogen-bond acceptors (Lipinski definition) is 5. The van der Waals surface area contributed by atoms with Gasteiger partial charge in [-0.05, 0) is 30.3 Å². The molecule has 0 radical (unpaired) electrons. The second-order valence-corrected chi connectivity index (χ2v) is 6.22. The van der Waals surface area contributed by atoms with Gasteiger partial charge in [0.25, 0.3) is 0 Å². The summed E-state index contributed by atoms with van der Waals surface area (Å²) in [7, 11) is 0. The van der Waals surface area contributed by atoms with E-state index in [1.165, 1.54) is 21.9 Å². The summed E-state index contributed by atoms with van der Waals surface area (Å²) in [4.78, 5) is 28.3. The molecular weight excluding hydrogens is 370 g/mol. The molecule has 1 amide bonds. The van der Waals surface area contributed by atoms with Crippen LogP contribution >= 0.6 is 11.6 Å². The van der Waals surface area contributed by atoms with Crippen molar-refractivity contribution in [3.8, 4) is 5.69 Å². The number of nitrogens with zero attached hydrogens (tertiary/aromatic N) is 4. The van der Waals surface area contributed by atoms with Crippen LogP contribution in [0.3, 0.4) is 0 Å². The Kier molecular flexibility index (Phi) is 4.47. The molecule has 2 aromatic carbocycles. The molecule has 4 aromatic rings. The minimum atomic E-state index is -0.491. The number of rotatable bonds is 5. The molecule has 0 bridgehead atoms. The zero-order chi connectivity index (χ0) is 18.8. The van der Waals surface area contributed by atoms with Gasteiger partial charge < -0.3 is 9.73 Å². The zero-order valence-corrected chi connectivity index (χ0v) is 14.8. The van der Waals surface area contributed by atoms with E-state index in [-0.39, 0.29) is 18.9 Å². The van der Waals surface area contributed by atoms with Crippen LogP contribution in [-0.2, 0) is 11.3 Å².